The van der Waals surface area contributed by atoms with E-state index in [4.69, 9.17) is 4.74 Å². The molecule has 0 saturated carbocycles. The molecule has 2 aromatic rings. The Morgan fingerprint density at radius 2 is 2.18 bits per heavy atom. The van der Waals surface area contributed by atoms with E-state index in [1.54, 1.807) is 11.6 Å². The number of carbonyl (C=O) groups excluding carboxylic acids is 1. The summed E-state index contributed by atoms with van der Waals surface area (Å²) in [5.41, 5.74) is 0. The molecule has 1 amide bonds. The van der Waals surface area contributed by atoms with E-state index < -0.39 is 27.6 Å². The maximum Gasteiger partial charge on any atom is 0.306 e. The Kier molecular flexibility index (Phi) is 4.40. The van der Waals surface area contributed by atoms with E-state index in [0.717, 1.165) is 18.2 Å². The van der Waals surface area contributed by atoms with Crippen molar-refractivity contribution in [3.63, 3.8) is 0 Å². The van der Waals surface area contributed by atoms with Crippen LogP contribution in [0.15, 0.2) is 27.6 Å². The van der Waals surface area contributed by atoms with Gasteiger partial charge in [0, 0.05) is 13.0 Å². The first kappa shape index (κ1) is 15.9. The minimum absolute atomic E-state index is 0.110. The highest BCUT2D eigenvalue weighted by atomic mass is 32.2. The van der Waals surface area contributed by atoms with Crippen molar-refractivity contribution in [2.45, 2.75) is 18.7 Å². The Morgan fingerprint density at radius 3 is 2.77 bits per heavy atom. The zero-order valence-corrected chi connectivity index (χ0v) is 12.5. The summed E-state index contributed by atoms with van der Waals surface area (Å²) in [5, 5.41) is 3.31. The van der Waals surface area contributed by atoms with Gasteiger partial charge < -0.3 is 9.26 Å². The van der Waals surface area contributed by atoms with Crippen molar-refractivity contribution < 1.29 is 26.9 Å². The van der Waals surface area contributed by atoms with Crippen LogP contribution in [0.25, 0.3) is 0 Å². The van der Waals surface area contributed by atoms with Crippen molar-refractivity contribution in [3.8, 4) is 5.75 Å². The predicted molar refractivity (Wildman–Crippen MR) is 71.3 cm³/mol. The van der Waals surface area contributed by atoms with Crippen molar-refractivity contribution in [3.05, 3.63) is 35.7 Å². The number of nitrogens with zero attached hydrogens (tertiary/aromatic N) is 2. The Balaban J connectivity index is 2.32. The molecule has 0 fully saturated rings. The molecule has 22 heavy (non-hydrogen) atoms. The SMILES string of the molecule is CCOc1cc(F)ccc1S(=O)(=O)NC(=O)c1noc(C)n1. The van der Waals surface area contributed by atoms with Gasteiger partial charge in [-0.05, 0) is 19.1 Å². The van der Waals surface area contributed by atoms with Crippen molar-refractivity contribution in [1.82, 2.24) is 14.9 Å². The van der Waals surface area contributed by atoms with Gasteiger partial charge in [-0.2, -0.15) is 4.98 Å². The van der Waals surface area contributed by atoms with Crippen LogP contribution < -0.4 is 9.46 Å². The van der Waals surface area contributed by atoms with E-state index >= 15 is 0 Å². The fraction of sp³-hybridized carbons (Fsp3) is 0.250. The number of rotatable bonds is 5. The molecule has 0 spiro atoms. The van der Waals surface area contributed by atoms with Crippen LogP contribution in [-0.2, 0) is 10.0 Å². The number of carbonyl (C=O) groups is 1. The third-order valence-electron chi connectivity index (χ3n) is 2.45. The van der Waals surface area contributed by atoms with Crippen LogP contribution in [0.2, 0.25) is 0 Å². The highest BCUT2D eigenvalue weighted by molar-refractivity contribution is 7.90. The molecular weight excluding hydrogens is 317 g/mol. The van der Waals surface area contributed by atoms with Crippen molar-refractivity contribution in [2.24, 2.45) is 0 Å². The molecule has 0 atom stereocenters. The van der Waals surface area contributed by atoms with Gasteiger partial charge in [-0.25, -0.2) is 17.5 Å². The first-order chi connectivity index (χ1) is 10.3. The Hall–Kier alpha value is -2.49. The Bertz CT molecular complexity index is 803. The van der Waals surface area contributed by atoms with E-state index in [1.165, 1.54) is 6.92 Å². The van der Waals surface area contributed by atoms with Crippen LogP contribution in [0, 0.1) is 12.7 Å². The second-order valence-electron chi connectivity index (χ2n) is 4.10. The molecule has 10 heteroatoms. The van der Waals surface area contributed by atoms with Crippen LogP contribution in [0.5, 0.6) is 5.75 Å². The summed E-state index contributed by atoms with van der Waals surface area (Å²) in [7, 11) is -4.28. The summed E-state index contributed by atoms with van der Waals surface area (Å²) in [6.07, 6.45) is 0. The van der Waals surface area contributed by atoms with E-state index in [2.05, 4.69) is 14.7 Å². The number of hydrogen-bond acceptors (Lipinski definition) is 7. The number of benzene rings is 1. The number of hydrogen-bond donors (Lipinski definition) is 1. The molecule has 0 unspecified atom stereocenters. The van der Waals surface area contributed by atoms with Crippen LogP contribution in [-0.4, -0.2) is 31.1 Å². The molecular formula is C12H12FN3O5S. The minimum atomic E-state index is -4.28. The van der Waals surface area contributed by atoms with Gasteiger partial charge in [0.15, 0.2) is 0 Å². The Morgan fingerprint density at radius 1 is 1.45 bits per heavy atom. The van der Waals surface area contributed by atoms with Crippen LogP contribution in [0.4, 0.5) is 4.39 Å². The van der Waals surface area contributed by atoms with E-state index in [9.17, 15) is 17.6 Å². The number of aromatic nitrogens is 2. The van der Waals surface area contributed by atoms with Crippen molar-refractivity contribution >= 4 is 15.9 Å². The molecule has 0 aliphatic carbocycles. The Labute approximate surface area is 125 Å². The average molecular weight is 329 g/mol. The molecule has 0 radical (unpaired) electrons. The van der Waals surface area contributed by atoms with Gasteiger partial charge in [-0.1, -0.05) is 5.16 Å². The van der Waals surface area contributed by atoms with Gasteiger partial charge in [0.05, 0.1) is 6.61 Å². The fourth-order valence-corrected chi connectivity index (χ4v) is 2.66. The highest BCUT2D eigenvalue weighted by Gasteiger charge is 2.25. The number of amides is 1. The number of sulfonamides is 1. The first-order valence-corrected chi connectivity index (χ1v) is 7.61. The monoisotopic (exact) mass is 329 g/mol. The first-order valence-electron chi connectivity index (χ1n) is 6.13. The molecule has 1 N–H and O–H groups in total. The zero-order chi connectivity index (χ0) is 16.3. The van der Waals surface area contributed by atoms with Crippen LogP contribution in [0.1, 0.15) is 23.4 Å². The second kappa shape index (κ2) is 6.10. The summed E-state index contributed by atoms with van der Waals surface area (Å²) in [6.45, 7) is 3.19. The van der Waals surface area contributed by atoms with Gasteiger partial charge >= 0.3 is 5.91 Å². The quantitative estimate of drug-likeness (QED) is 0.872. The fourth-order valence-electron chi connectivity index (χ4n) is 1.59. The lowest BCUT2D eigenvalue weighted by Gasteiger charge is -2.11. The summed E-state index contributed by atoms with van der Waals surface area (Å²) in [6, 6.07) is 2.86. The standard InChI is InChI=1S/C12H12FN3O5S/c1-3-20-9-6-8(13)4-5-10(9)22(18,19)16-12(17)11-14-7(2)21-15-11/h4-6H,3H2,1-2H3,(H,16,17). The third kappa shape index (κ3) is 3.39. The molecule has 2 rings (SSSR count). The maximum absolute atomic E-state index is 13.2. The molecule has 1 aromatic carbocycles. The summed E-state index contributed by atoms with van der Waals surface area (Å²) in [4.78, 5) is 15.0. The molecule has 0 aliphatic heterocycles. The maximum atomic E-state index is 13.2. The molecule has 0 bridgehead atoms. The van der Waals surface area contributed by atoms with Crippen LogP contribution >= 0.6 is 0 Å². The summed E-state index contributed by atoms with van der Waals surface area (Å²) < 4.78 is 49.0. The third-order valence-corrected chi connectivity index (χ3v) is 3.82. The molecule has 0 aliphatic rings. The molecule has 118 valence electrons. The summed E-state index contributed by atoms with van der Waals surface area (Å²) >= 11 is 0. The second-order valence-corrected chi connectivity index (χ2v) is 5.75. The number of ether oxygens (including phenoxy) is 1. The molecule has 8 nitrogen and oxygen atoms in total. The largest absolute Gasteiger partial charge is 0.492 e. The lowest BCUT2D eigenvalue weighted by molar-refractivity contribution is 0.0968. The lowest BCUT2D eigenvalue weighted by atomic mass is 10.3. The molecule has 1 aromatic heterocycles. The topological polar surface area (TPSA) is 111 Å². The van der Waals surface area contributed by atoms with Gasteiger partial charge in [-0.3, -0.25) is 4.79 Å². The van der Waals surface area contributed by atoms with E-state index in [-0.39, 0.29) is 23.1 Å². The van der Waals surface area contributed by atoms with Crippen molar-refractivity contribution in [1.29, 1.82) is 0 Å². The number of halogens is 1. The highest BCUT2D eigenvalue weighted by Crippen LogP contribution is 2.24. The minimum Gasteiger partial charge on any atom is -0.492 e. The number of nitrogens with one attached hydrogen (secondary N) is 1. The van der Waals surface area contributed by atoms with Gasteiger partial charge in [-0.15, -0.1) is 0 Å². The van der Waals surface area contributed by atoms with E-state index in [1.807, 2.05) is 0 Å². The average Bonchev–Trinajstić information content (AvgIpc) is 2.85. The zero-order valence-electron chi connectivity index (χ0n) is 11.7. The van der Waals surface area contributed by atoms with E-state index in [0.29, 0.717) is 0 Å². The molecule has 0 saturated heterocycles. The van der Waals surface area contributed by atoms with Gasteiger partial charge in [0.25, 0.3) is 15.8 Å². The molecule has 1 heterocycles. The van der Waals surface area contributed by atoms with Gasteiger partial charge in [0.1, 0.15) is 16.5 Å². The predicted octanol–water partition coefficient (Wildman–Crippen LogP) is 1.03. The number of aryl methyl sites for hydroxylation is 1. The van der Waals surface area contributed by atoms with Gasteiger partial charge in [0.2, 0.25) is 5.89 Å². The van der Waals surface area contributed by atoms with Crippen molar-refractivity contribution in [2.75, 3.05) is 6.61 Å². The lowest BCUT2D eigenvalue weighted by Crippen LogP contribution is -2.31. The van der Waals surface area contributed by atoms with Crippen LogP contribution in [0.3, 0.4) is 0 Å². The normalized spacial score (nSPS) is 11.2. The smallest absolute Gasteiger partial charge is 0.306 e. The summed E-state index contributed by atoms with van der Waals surface area (Å²) in [5.74, 6) is -2.25.